The van der Waals surface area contributed by atoms with E-state index in [0.717, 1.165) is 28.1 Å². The zero-order valence-electron chi connectivity index (χ0n) is 20.2. The molecule has 0 saturated heterocycles. The summed E-state index contributed by atoms with van der Waals surface area (Å²) >= 11 is 12.4. The molecule has 0 spiro atoms. The third-order valence-electron chi connectivity index (χ3n) is 6.53. The molecular formula is C28H25Cl2FN4O. The second kappa shape index (κ2) is 9.68. The quantitative estimate of drug-likeness (QED) is 0.287. The molecule has 8 heteroatoms. The molecule has 1 aliphatic rings. The summed E-state index contributed by atoms with van der Waals surface area (Å²) in [5.41, 5.74) is 5.34. The van der Waals surface area contributed by atoms with E-state index >= 15 is 4.39 Å². The minimum Gasteiger partial charge on any atom is -0.297 e. The Labute approximate surface area is 219 Å². The van der Waals surface area contributed by atoms with Gasteiger partial charge < -0.3 is 0 Å². The average molecular weight is 523 g/mol. The van der Waals surface area contributed by atoms with Gasteiger partial charge in [-0.05, 0) is 60.4 Å². The van der Waals surface area contributed by atoms with E-state index < -0.39 is 11.9 Å². The van der Waals surface area contributed by atoms with Crippen LogP contribution in [-0.2, 0) is 17.8 Å². The van der Waals surface area contributed by atoms with Crippen LogP contribution in [0.2, 0.25) is 10.0 Å². The second-order valence-corrected chi connectivity index (χ2v) is 10.1. The topological polar surface area (TPSA) is 51.0 Å². The molecule has 0 N–H and O–H groups in total. The fraction of sp³-hybridized carbons (Fsp3) is 0.250. The summed E-state index contributed by atoms with van der Waals surface area (Å²) in [6.45, 7) is 6.60. The van der Waals surface area contributed by atoms with Gasteiger partial charge in [-0.15, -0.1) is 0 Å². The molecule has 1 aliphatic heterocycles. The average Bonchev–Trinajstić information content (AvgIpc) is 3.19. The number of hydrogen-bond acceptors (Lipinski definition) is 3. The monoisotopic (exact) mass is 522 g/mol. The molecule has 1 unspecified atom stereocenters. The van der Waals surface area contributed by atoms with Gasteiger partial charge in [-0.25, -0.2) is 4.39 Å². The molecule has 0 fully saturated rings. The fourth-order valence-corrected chi connectivity index (χ4v) is 5.43. The Kier molecular flexibility index (Phi) is 6.58. The number of pyridine rings is 1. The lowest BCUT2D eigenvalue weighted by Gasteiger charge is -2.37. The van der Waals surface area contributed by atoms with Crippen molar-refractivity contribution in [2.45, 2.75) is 45.7 Å². The van der Waals surface area contributed by atoms with Gasteiger partial charge in [-0.1, -0.05) is 55.2 Å². The number of aromatic nitrogens is 3. The van der Waals surface area contributed by atoms with Crippen molar-refractivity contribution in [3.63, 3.8) is 0 Å². The first-order valence-corrected chi connectivity index (χ1v) is 12.5. The molecule has 3 heterocycles. The molecule has 2 aromatic carbocycles. The van der Waals surface area contributed by atoms with E-state index in [-0.39, 0.29) is 29.0 Å². The number of fused-ring (bicyclic) bond motifs is 1. The Morgan fingerprint density at radius 3 is 2.61 bits per heavy atom. The Morgan fingerprint density at radius 1 is 1.11 bits per heavy atom. The van der Waals surface area contributed by atoms with Crippen molar-refractivity contribution >= 4 is 34.8 Å². The van der Waals surface area contributed by atoms with Crippen molar-refractivity contribution < 1.29 is 9.18 Å². The number of hydrogen-bond donors (Lipinski definition) is 0. The first kappa shape index (κ1) is 24.5. The molecule has 1 atom stereocenters. The molecule has 0 aliphatic carbocycles. The summed E-state index contributed by atoms with van der Waals surface area (Å²) in [5.74, 6) is -0.792. The summed E-state index contributed by atoms with van der Waals surface area (Å²) in [4.78, 5) is 19.6. The molecule has 0 saturated carbocycles. The zero-order valence-corrected chi connectivity index (χ0v) is 21.7. The smallest absolute Gasteiger partial charge is 0.234 e. The summed E-state index contributed by atoms with van der Waals surface area (Å²) < 4.78 is 17.3. The van der Waals surface area contributed by atoms with Gasteiger partial charge >= 0.3 is 0 Å². The van der Waals surface area contributed by atoms with Crippen LogP contribution in [-0.4, -0.2) is 20.7 Å². The Morgan fingerprint density at radius 2 is 1.92 bits per heavy atom. The van der Waals surface area contributed by atoms with Crippen LogP contribution in [0.15, 0.2) is 60.8 Å². The second-order valence-electron chi connectivity index (χ2n) is 9.30. The largest absolute Gasteiger partial charge is 0.297 e. The predicted octanol–water partition coefficient (Wildman–Crippen LogP) is 6.88. The number of nitrogens with zero attached hydrogens (tertiary/aromatic N) is 4. The van der Waals surface area contributed by atoms with Gasteiger partial charge in [0.2, 0.25) is 5.91 Å². The predicted molar refractivity (Wildman–Crippen MR) is 140 cm³/mol. The molecule has 5 rings (SSSR count). The molecule has 2 aromatic heterocycles. The number of anilines is 1. The number of halogens is 3. The molecule has 184 valence electrons. The first-order valence-electron chi connectivity index (χ1n) is 11.8. The number of amides is 1. The van der Waals surface area contributed by atoms with Crippen LogP contribution < -0.4 is 4.90 Å². The molecule has 36 heavy (non-hydrogen) atoms. The van der Waals surface area contributed by atoms with Crippen LogP contribution in [0.25, 0.3) is 0 Å². The highest BCUT2D eigenvalue weighted by Gasteiger charge is 2.41. The Hall–Kier alpha value is -3.22. The number of aryl methyl sites for hydroxylation is 1. The highest BCUT2D eigenvalue weighted by Crippen LogP contribution is 2.45. The molecule has 0 radical (unpaired) electrons. The summed E-state index contributed by atoms with van der Waals surface area (Å²) in [7, 11) is 0. The van der Waals surface area contributed by atoms with Gasteiger partial charge in [0.25, 0.3) is 0 Å². The summed E-state index contributed by atoms with van der Waals surface area (Å²) in [5, 5.41) is 5.45. The third kappa shape index (κ3) is 4.29. The maximum atomic E-state index is 15.4. The zero-order chi connectivity index (χ0) is 25.6. The van der Waals surface area contributed by atoms with E-state index in [1.54, 1.807) is 24.4 Å². The van der Waals surface area contributed by atoms with Crippen LogP contribution >= 0.6 is 23.2 Å². The normalized spacial score (nSPS) is 15.5. The van der Waals surface area contributed by atoms with Crippen molar-refractivity contribution in [3.8, 4) is 0 Å². The summed E-state index contributed by atoms with van der Waals surface area (Å²) in [6, 6.07) is 15.4. The van der Waals surface area contributed by atoms with Gasteiger partial charge in [0.05, 0.1) is 41.1 Å². The number of benzene rings is 2. The molecular weight excluding hydrogens is 498 g/mol. The van der Waals surface area contributed by atoms with Crippen molar-refractivity contribution in [1.29, 1.82) is 0 Å². The summed E-state index contributed by atoms with van der Waals surface area (Å²) in [6.07, 6.45) is 1.81. The van der Waals surface area contributed by atoms with Gasteiger partial charge in [0.15, 0.2) is 5.82 Å². The first-order chi connectivity index (χ1) is 17.3. The molecule has 1 amide bonds. The van der Waals surface area contributed by atoms with E-state index in [1.807, 2.05) is 41.9 Å². The standard InChI is InChI=1S/C28H25Cl2FN4O/c1-16(2)27-25-22(33-34(27)15-19-7-4-5-12-32-19)14-24(36)35(23-9-6-8-21(30)26(23)31)28(25)20-11-10-18(29)13-17(20)3/h4-13,16,28H,14-15H2,1-3H3. The van der Waals surface area contributed by atoms with Gasteiger partial charge in [0.1, 0.15) is 0 Å². The van der Waals surface area contributed by atoms with E-state index in [1.165, 1.54) is 11.0 Å². The number of carbonyl (C=O) groups excluding carboxylic acids is 1. The van der Waals surface area contributed by atoms with Gasteiger partial charge in [-0.2, -0.15) is 5.10 Å². The van der Waals surface area contributed by atoms with E-state index in [2.05, 4.69) is 18.8 Å². The maximum absolute atomic E-state index is 15.4. The van der Waals surface area contributed by atoms with Crippen molar-refractivity contribution in [2.24, 2.45) is 0 Å². The number of carbonyl (C=O) groups is 1. The maximum Gasteiger partial charge on any atom is 0.234 e. The number of rotatable bonds is 5. The lowest BCUT2D eigenvalue weighted by molar-refractivity contribution is -0.118. The van der Waals surface area contributed by atoms with Gasteiger partial charge in [0, 0.05) is 22.5 Å². The van der Waals surface area contributed by atoms with Gasteiger partial charge in [-0.3, -0.25) is 19.4 Å². The fourth-order valence-electron chi connectivity index (χ4n) is 5.04. The van der Waals surface area contributed by atoms with Crippen LogP contribution in [0.1, 0.15) is 59.6 Å². The van der Waals surface area contributed by atoms with E-state index in [4.69, 9.17) is 28.3 Å². The van der Waals surface area contributed by atoms with Crippen LogP contribution in [0, 0.1) is 12.7 Å². The highest BCUT2D eigenvalue weighted by molar-refractivity contribution is 6.31. The lowest BCUT2D eigenvalue weighted by atomic mass is 9.85. The van der Waals surface area contributed by atoms with E-state index in [0.29, 0.717) is 17.3 Å². The van der Waals surface area contributed by atoms with E-state index in [9.17, 15) is 4.79 Å². The van der Waals surface area contributed by atoms with Crippen molar-refractivity contribution in [1.82, 2.24) is 14.8 Å². The van der Waals surface area contributed by atoms with Crippen molar-refractivity contribution in [2.75, 3.05) is 4.90 Å². The molecule has 0 bridgehead atoms. The lowest BCUT2D eigenvalue weighted by Crippen LogP contribution is -2.42. The minimum absolute atomic E-state index is 0.0346. The third-order valence-corrected chi connectivity index (χ3v) is 7.05. The molecule has 5 nitrogen and oxygen atoms in total. The van der Waals surface area contributed by atoms with Crippen LogP contribution in [0.5, 0.6) is 0 Å². The Balaban J connectivity index is 1.77. The minimum atomic E-state index is -0.625. The Bertz CT molecular complexity index is 1450. The van der Waals surface area contributed by atoms with Crippen LogP contribution in [0.4, 0.5) is 10.1 Å². The van der Waals surface area contributed by atoms with Crippen molar-refractivity contribution in [3.05, 3.63) is 110 Å². The highest BCUT2D eigenvalue weighted by atomic mass is 35.5. The molecule has 4 aromatic rings. The van der Waals surface area contributed by atoms with Crippen LogP contribution in [0.3, 0.4) is 0 Å². The SMILES string of the molecule is Cc1cc(Cl)ccc1C1c2c(nn(Cc3ccccn3)c2C(C)C)CC(=O)N1c1cccc(Cl)c1F.